The molecular weight excluding hydrogens is 342 g/mol. The van der Waals surface area contributed by atoms with Crippen LogP contribution in [-0.2, 0) is 10.0 Å². The molecule has 5 nitrogen and oxygen atoms in total. The monoisotopic (exact) mass is 356 g/mol. The van der Waals surface area contributed by atoms with Gasteiger partial charge in [-0.25, -0.2) is 17.9 Å². The van der Waals surface area contributed by atoms with Gasteiger partial charge in [0.1, 0.15) is 10.7 Å². The van der Waals surface area contributed by atoms with E-state index in [1.807, 2.05) is 13.8 Å². The number of carbonyl (C=O) groups excluding carboxylic acids is 1. The van der Waals surface area contributed by atoms with Gasteiger partial charge in [-0.1, -0.05) is 37.0 Å². The Morgan fingerprint density at radius 2 is 1.81 bits per heavy atom. The summed E-state index contributed by atoms with van der Waals surface area (Å²) in [5, 5.41) is 6.30. The van der Waals surface area contributed by atoms with Gasteiger partial charge in [-0.2, -0.15) is 0 Å². The lowest BCUT2D eigenvalue weighted by Crippen LogP contribution is -2.36. The maximum atomic E-state index is 13.7. The highest BCUT2D eigenvalue weighted by Gasteiger charge is 2.27. The number of rotatable bonds is 4. The van der Waals surface area contributed by atoms with E-state index in [4.69, 9.17) is 28.3 Å². The van der Waals surface area contributed by atoms with E-state index in [-0.39, 0.29) is 17.5 Å². The van der Waals surface area contributed by atoms with Gasteiger partial charge in [0.15, 0.2) is 0 Å². The van der Waals surface area contributed by atoms with Gasteiger partial charge in [0, 0.05) is 6.04 Å². The minimum Gasteiger partial charge on any atom is -0.349 e. The Morgan fingerprint density at radius 1 is 1.29 bits per heavy atom. The molecule has 1 aromatic carbocycles. The molecule has 0 saturated heterocycles. The maximum absolute atomic E-state index is 13.7. The van der Waals surface area contributed by atoms with Gasteiger partial charge in [0.2, 0.25) is 10.0 Å². The molecule has 0 aliphatic rings. The molecule has 0 spiro atoms. The molecule has 1 unspecified atom stereocenters. The third-order valence-corrected chi connectivity index (χ3v) is 4.97. The second kappa shape index (κ2) is 6.48. The Hall–Kier alpha value is -0.890. The number of hydrogen-bond donors (Lipinski definition) is 2. The zero-order valence-electron chi connectivity index (χ0n) is 11.6. The van der Waals surface area contributed by atoms with Gasteiger partial charge in [-0.3, -0.25) is 4.79 Å². The van der Waals surface area contributed by atoms with Crippen molar-refractivity contribution in [2.24, 2.45) is 11.1 Å². The summed E-state index contributed by atoms with van der Waals surface area (Å²) in [6.45, 7) is 5.51. The number of benzene rings is 1. The van der Waals surface area contributed by atoms with Gasteiger partial charge in [0.25, 0.3) is 5.91 Å². The number of hydrogen-bond acceptors (Lipinski definition) is 3. The van der Waals surface area contributed by atoms with E-state index in [0.717, 1.165) is 6.07 Å². The van der Waals surface area contributed by atoms with Crippen LogP contribution in [0.15, 0.2) is 11.0 Å². The van der Waals surface area contributed by atoms with Crippen molar-refractivity contribution in [1.29, 1.82) is 0 Å². The zero-order valence-corrected chi connectivity index (χ0v) is 13.9. The lowest BCUT2D eigenvalue weighted by atomic mass is 10.1. The Kier molecular flexibility index (Phi) is 5.60. The van der Waals surface area contributed by atoms with Gasteiger partial charge in [-0.05, 0) is 18.9 Å². The van der Waals surface area contributed by atoms with Crippen LogP contribution < -0.4 is 10.5 Å². The van der Waals surface area contributed by atoms with Crippen LogP contribution in [0.5, 0.6) is 0 Å². The number of carbonyl (C=O) groups is 1. The van der Waals surface area contributed by atoms with E-state index in [9.17, 15) is 17.6 Å². The number of amides is 1. The SMILES string of the molecule is CC(C)C(C)NC(=O)c1cc(F)c(Cl)c(S(N)(=O)=O)c1Cl. The maximum Gasteiger partial charge on any atom is 0.253 e. The third kappa shape index (κ3) is 4.06. The predicted octanol–water partition coefficient (Wildman–Crippen LogP) is 2.55. The first-order chi connectivity index (χ1) is 9.46. The summed E-state index contributed by atoms with van der Waals surface area (Å²) in [4.78, 5) is 11.3. The van der Waals surface area contributed by atoms with E-state index in [1.165, 1.54) is 0 Å². The Morgan fingerprint density at radius 3 is 2.24 bits per heavy atom. The van der Waals surface area contributed by atoms with E-state index >= 15 is 0 Å². The summed E-state index contributed by atoms with van der Waals surface area (Å²) < 4.78 is 36.6. The van der Waals surface area contributed by atoms with Crippen molar-refractivity contribution in [2.45, 2.75) is 31.7 Å². The van der Waals surface area contributed by atoms with Crippen LogP contribution in [0.1, 0.15) is 31.1 Å². The molecule has 0 fully saturated rings. The minimum absolute atomic E-state index is 0.127. The molecule has 1 atom stereocenters. The van der Waals surface area contributed by atoms with Crippen LogP contribution in [0.2, 0.25) is 10.0 Å². The molecule has 1 rings (SSSR count). The molecule has 118 valence electrons. The van der Waals surface area contributed by atoms with E-state index in [1.54, 1.807) is 6.92 Å². The van der Waals surface area contributed by atoms with Crippen LogP contribution in [0.4, 0.5) is 4.39 Å². The molecule has 0 saturated carbocycles. The molecule has 1 aromatic rings. The zero-order chi connectivity index (χ0) is 16.5. The van der Waals surface area contributed by atoms with Crippen LogP contribution >= 0.6 is 23.2 Å². The van der Waals surface area contributed by atoms with E-state index in [0.29, 0.717) is 0 Å². The van der Waals surface area contributed by atoms with Crippen molar-refractivity contribution >= 4 is 39.1 Å². The highest BCUT2D eigenvalue weighted by molar-refractivity contribution is 7.89. The average Bonchev–Trinajstić information content (AvgIpc) is 2.31. The normalized spacial score (nSPS) is 13.3. The standard InChI is InChI=1S/C12H15Cl2FN2O3S/c1-5(2)6(3)17-12(18)7-4-8(15)10(14)11(9(7)13)21(16,19)20/h4-6H,1-3H3,(H,17,18)(H2,16,19,20). The average molecular weight is 357 g/mol. The summed E-state index contributed by atoms with van der Waals surface area (Å²) in [6, 6.07) is 0.562. The molecule has 0 radical (unpaired) electrons. The highest BCUT2D eigenvalue weighted by atomic mass is 35.5. The Labute approximate surface area is 132 Å². The van der Waals surface area contributed by atoms with Gasteiger partial charge in [-0.15, -0.1) is 0 Å². The predicted molar refractivity (Wildman–Crippen MR) is 79.6 cm³/mol. The molecule has 3 N–H and O–H groups in total. The second-order valence-corrected chi connectivity index (χ2v) is 7.17. The minimum atomic E-state index is -4.37. The van der Waals surface area contributed by atoms with Crippen molar-refractivity contribution in [2.75, 3.05) is 0 Å². The van der Waals surface area contributed by atoms with Crippen LogP contribution in [0, 0.1) is 11.7 Å². The van der Waals surface area contributed by atoms with E-state index < -0.39 is 36.7 Å². The first-order valence-electron chi connectivity index (χ1n) is 5.98. The number of nitrogens with two attached hydrogens (primary N) is 1. The van der Waals surface area contributed by atoms with Gasteiger partial charge < -0.3 is 5.32 Å². The Balaban J connectivity index is 3.40. The second-order valence-electron chi connectivity index (χ2n) is 4.91. The van der Waals surface area contributed by atoms with Crippen molar-refractivity contribution < 1.29 is 17.6 Å². The number of sulfonamides is 1. The summed E-state index contributed by atoms with van der Waals surface area (Å²) in [5.41, 5.74) is -0.338. The molecule has 0 aliphatic heterocycles. The first kappa shape index (κ1) is 18.2. The number of primary sulfonamides is 1. The lowest BCUT2D eigenvalue weighted by Gasteiger charge is -2.18. The molecule has 9 heteroatoms. The van der Waals surface area contributed by atoms with Crippen LogP contribution in [0.25, 0.3) is 0 Å². The lowest BCUT2D eigenvalue weighted by molar-refractivity contribution is 0.0930. The Bertz CT molecular complexity index is 678. The van der Waals surface area contributed by atoms with Gasteiger partial charge in [0.05, 0.1) is 15.6 Å². The van der Waals surface area contributed by atoms with Crippen molar-refractivity contribution in [3.05, 3.63) is 27.5 Å². The molecular formula is C12H15Cl2FN2O3S. The number of halogens is 3. The molecule has 1 amide bonds. The topological polar surface area (TPSA) is 89.3 Å². The fraction of sp³-hybridized carbons (Fsp3) is 0.417. The summed E-state index contributed by atoms with van der Waals surface area (Å²) in [5.74, 6) is -1.67. The quantitative estimate of drug-likeness (QED) is 0.812. The molecule has 0 heterocycles. The largest absolute Gasteiger partial charge is 0.349 e. The molecule has 21 heavy (non-hydrogen) atoms. The fourth-order valence-electron chi connectivity index (χ4n) is 1.45. The third-order valence-electron chi connectivity index (χ3n) is 3.00. The highest BCUT2D eigenvalue weighted by Crippen LogP contribution is 2.33. The summed E-state index contributed by atoms with van der Waals surface area (Å²) in [6.07, 6.45) is 0. The van der Waals surface area contributed by atoms with Crippen LogP contribution in [-0.4, -0.2) is 20.4 Å². The first-order valence-corrected chi connectivity index (χ1v) is 8.28. The smallest absolute Gasteiger partial charge is 0.253 e. The van der Waals surface area contributed by atoms with Crippen molar-refractivity contribution in [3.8, 4) is 0 Å². The van der Waals surface area contributed by atoms with Crippen molar-refractivity contribution in [1.82, 2.24) is 5.32 Å². The molecule has 0 aromatic heterocycles. The van der Waals surface area contributed by atoms with Gasteiger partial charge >= 0.3 is 0 Å². The number of nitrogens with one attached hydrogen (secondary N) is 1. The van der Waals surface area contributed by atoms with E-state index in [2.05, 4.69) is 5.32 Å². The fourth-order valence-corrected chi connectivity index (χ4v) is 3.23. The molecule has 0 bridgehead atoms. The summed E-state index contributed by atoms with van der Waals surface area (Å²) >= 11 is 11.4. The summed E-state index contributed by atoms with van der Waals surface area (Å²) in [7, 11) is -4.37. The molecule has 0 aliphatic carbocycles. The van der Waals surface area contributed by atoms with Crippen molar-refractivity contribution in [3.63, 3.8) is 0 Å². The van der Waals surface area contributed by atoms with Crippen LogP contribution in [0.3, 0.4) is 0 Å².